The molecule has 0 saturated carbocycles. The van der Waals surface area contributed by atoms with Crippen LogP contribution in [0.4, 0.5) is 21.3 Å². The Kier molecular flexibility index (Phi) is 5.36. The van der Waals surface area contributed by atoms with Gasteiger partial charge < -0.3 is 10.1 Å². The number of thiazole rings is 1. The summed E-state index contributed by atoms with van der Waals surface area (Å²) >= 11 is 3.17. The lowest BCUT2D eigenvalue weighted by Crippen LogP contribution is -2.26. The molecule has 0 bridgehead atoms. The van der Waals surface area contributed by atoms with E-state index in [1.165, 1.54) is 26.0 Å². The zero-order valence-corrected chi connectivity index (χ0v) is 18.4. The molecule has 5 rings (SSSR count). The number of para-hydroxylation sites is 1. The van der Waals surface area contributed by atoms with Crippen molar-refractivity contribution in [2.45, 2.75) is 16.4 Å². The third-order valence-corrected chi connectivity index (χ3v) is 6.98. The Labute approximate surface area is 188 Å². The molecule has 1 N–H and O–H groups in total. The van der Waals surface area contributed by atoms with E-state index in [4.69, 9.17) is 4.74 Å². The lowest BCUT2D eigenvalue weighted by molar-refractivity contribution is 0.148. The highest BCUT2D eigenvalue weighted by atomic mass is 32.2. The number of carbonyl (C=O) groups is 1. The summed E-state index contributed by atoms with van der Waals surface area (Å²) in [6.07, 6.45) is -0.426. The normalized spacial score (nSPS) is 11.8. The molecule has 0 aliphatic carbocycles. The average Bonchev–Trinajstić information content (AvgIpc) is 3.31. The van der Waals surface area contributed by atoms with Gasteiger partial charge in [0.1, 0.15) is 6.61 Å². The maximum Gasteiger partial charge on any atom is 0.416 e. The fraction of sp³-hybridized carbons (Fsp3) is 0.0833. The van der Waals surface area contributed by atoms with Crippen LogP contribution < -0.4 is 10.2 Å². The summed E-state index contributed by atoms with van der Waals surface area (Å²) in [5, 5.41) is 6.06. The molecule has 0 unspecified atom stereocenters. The number of benzene rings is 3. The molecule has 4 aromatic rings. The first-order valence-electron chi connectivity index (χ1n) is 9.75. The van der Waals surface area contributed by atoms with E-state index in [2.05, 4.69) is 40.6 Å². The predicted octanol–water partition coefficient (Wildman–Crippen LogP) is 6.79. The molecule has 0 atom stereocenters. The van der Waals surface area contributed by atoms with Crippen LogP contribution in [0.25, 0.3) is 11.3 Å². The van der Waals surface area contributed by atoms with Crippen LogP contribution in [0.1, 0.15) is 5.56 Å². The maximum absolute atomic E-state index is 12.4. The van der Waals surface area contributed by atoms with Crippen molar-refractivity contribution in [2.24, 2.45) is 0 Å². The van der Waals surface area contributed by atoms with Gasteiger partial charge in [-0.3, -0.25) is 4.90 Å². The Morgan fingerprint density at radius 1 is 1.00 bits per heavy atom. The van der Waals surface area contributed by atoms with Crippen molar-refractivity contribution in [2.75, 3.05) is 17.3 Å². The zero-order chi connectivity index (χ0) is 21.2. The number of hydrogen-bond donors (Lipinski definition) is 1. The standard InChI is InChI=1S/C24H19N3O2S2/c1-27(24(28)29-14-16-7-3-2-4-8-16)23-26-20(15-30-23)17-11-12-22-19(13-17)25-18-9-5-6-10-21(18)31-22/h2-13,15,25H,14H2,1H3. The average molecular weight is 446 g/mol. The van der Waals surface area contributed by atoms with Crippen molar-refractivity contribution in [1.29, 1.82) is 0 Å². The van der Waals surface area contributed by atoms with Gasteiger partial charge >= 0.3 is 6.09 Å². The third-order valence-electron chi connectivity index (χ3n) is 4.91. The van der Waals surface area contributed by atoms with E-state index in [1.807, 2.05) is 47.8 Å². The first-order valence-corrected chi connectivity index (χ1v) is 11.5. The first kappa shape index (κ1) is 19.7. The Balaban J connectivity index is 1.30. The highest BCUT2D eigenvalue weighted by Crippen LogP contribution is 2.45. The van der Waals surface area contributed by atoms with Gasteiger partial charge in [0.25, 0.3) is 0 Å². The molecule has 2 heterocycles. The Morgan fingerprint density at radius 2 is 1.77 bits per heavy atom. The number of carbonyl (C=O) groups excluding carboxylic acids is 1. The molecule has 0 spiro atoms. The van der Waals surface area contributed by atoms with E-state index < -0.39 is 6.09 Å². The predicted molar refractivity (Wildman–Crippen MR) is 126 cm³/mol. The molecule has 5 nitrogen and oxygen atoms in total. The van der Waals surface area contributed by atoms with Crippen LogP contribution in [0.5, 0.6) is 0 Å². The monoisotopic (exact) mass is 445 g/mol. The number of fused-ring (bicyclic) bond motifs is 2. The summed E-state index contributed by atoms with van der Waals surface area (Å²) in [5.74, 6) is 0. The second-order valence-corrected chi connectivity index (χ2v) is 8.97. The largest absolute Gasteiger partial charge is 0.444 e. The van der Waals surface area contributed by atoms with Crippen molar-refractivity contribution in [3.8, 4) is 11.3 Å². The first-order chi connectivity index (χ1) is 15.2. The molecule has 1 aromatic heterocycles. The number of aromatic nitrogens is 1. The third kappa shape index (κ3) is 4.15. The minimum Gasteiger partial charge on any atom is -0.444 e. The van der Waals surface area contributed by atoms with Crippen LogP contribution >= 0.6 is 23.1 Å². The van der Waals surface area contributed by atoms with Crippen molar-refractivity contribution >= 4 is 45.7 Å². The molecular weight excluding hydrogens is 426 g/mol. The summed E-state index contributed by atoms with van der Waals surface area (Å²) in [6, 6.07) is 24.2. The SMILES string of the molecule is CN(C(=O)OCc1ccccc1)c1nc(-c2ccc3c(c2)Nc2ccccc2S3)cs1. The molecule has 1 amide bonds. The van der Waals surface area contributed by atoms with Gasteiger partial charge in [0.05, 0.1) is 17.1 Å². The summed E-state index contributed by atoms with van der Waals surface area (Å²) in [6.45, 7) is 0.234. The van der Waals surface area contributed by atoms with E-state index in [0.29, 0.717) is 5.13 Å². The molecule has 31 heavy (non-hydrogen) atoms. The molecule has 3 aromatic carbocycles. The quantitative estimate of drug-likeness (QED) is 0.330. The molecule has 1 aliphatic heterocycles. The number of amides is 1. The van der Waals surface area contributed by atoms with Gasteiger partial charge in [0.2, 0.25) is 0 Å². The van der Waals surface area contributed by atoms with Gasteiger partial charge in [-0.05, 0) is 29.8 Å². The molecule has 0 radical (unpaired) electrons. The topological polar surface area (TPSA) is 54.5 Å². The van der Waals surface area contributed by atoms with Crippen LogP contribution in [-0.2, 0) is 11.3 Å². The summed E-state index contributed by atoms with van der Waals surface area (Å²) in [7, 11) is 1.68. The molecule has 7 heteroatoms. The van der Waals surface area contributed by atoms with Crippen LogP contribution in [-0.4, -0.2) is 18.1 Å². The fourth-order valence-corrected chi connectivity index (χ4v) is 5.00. The van der Waals surface area contributed by atoms with Crippen LogP contribution in [0.2, 0.25) is 0 Å². The van der Waals surface area contributed by atoms with Crippen molar-refractivity contribution < 1.29 is 9.53 Å². The van der Waals surface area contributed by atoms with Crippen molar-refractivity contribution in [3.05, 3.63) is 83.7 Å². The molecule has 154 valence electrons. The van der Waals surface area contributed by atoms with Crippen LogP contribution in [0.3, 0.4) is 0 Å². The molecule has 0 fully saturated rings. The molecule has 1 aliphatic rings. The van der Waals surface area contributed by atoms with Gasteiger partial charge in [-0.1, -0.05) is 60.3 Å². The maximum atomic E-state index is 12.4. The van der Waals surface area contributed by atoms with Crippen molar-refractivity contribution in [3.63, 3.8) is 0 Å². The van der Waals surface area contributed by atoms with Gasteiger partial charge in [-0.25, -0.2) is 9.78 Å². The molecule has 0 saturated heterocycles. The lowest BCUT2D eigenvalue weighted by atomic mass is 10.1. The summed E-state index contributed by atoms with van der Waals surface area (Å²) in [4.78, 5) is 20.9. The highest BCUT2D eigenvalue weighted by Gasteiger charge is 2.19. The van der Waals surface area contributed by atoms with Gasteiger partial charge in [0.15, 0.2) is 5.13 Å². The van der Waals surface area contributed by atoms with Crippen LogP contribution in [0.15, 0.2) is 88.0 Å². The number of hydrogen-bond acceptors (Lipinski definition) is 6. The van der Waals surface area contributed by atoms with Crippen molar-refractivity contribution in [1.82, 2.24) is 4.98 Å². The summed E-state index contributed by atoms with van der Waals surface area (Å²) in [5.41, 5.74) is 4.95. The highest BCUT2D eigenvalue weighted by molar-refractivity contribution is 7.99. The lowest BCUT2D eigenvalue weighted by Gasteiger charge is -2.21. The second kappa shape index (κ2) is 8.45. The van der Waals surface area contributed by atoms with Crippen LogP contribution in [0, 0.1) is 0 Å². The smallest absolute Gasteiger partial charge is 0.416 e. The Morgan fingerprint density at radius 3 is 2.65 bits per heavy atom. The number of nitrogens with one attached hydrogen (secondary N) is 1. The van der Waals surface area contributed by atoms with E-state index in [0.717, 1.165) is 28.2 Å². The molecular formula is C24H19N3O2S2. The van der Waals surface area contributed by atoms with Gasteiger partial charge in [0, 0.05) is 27.8 Å². The summed E-state index contributed by atoms with van der Waals surface area (Å²) < 4.78 is 5.41. The minimum absolute atomic E-state index is 0.234. The minimum atomic E-state index is -0.426. The van der Waals surface area contributed by atoms with E-state index in [-0.39, 0.29) is 6.61 Å². The number of anilines is 3. The second-order valence-electron chi connectivity index (χ2n) is 7.05. The Bertz CT molecular complexity index is 1240. The van der Waals surface area contributed by atoms with Gasteiger partial charge in [-0.15, -0.1) is 11.3 Å². The van der Waals surface area contributed by atoms with E-state index >= 15 is 0 Å². The Hall–Kier alpha value is -3.29. The fourth-order valence-electron chi connectivity index (χ4n) is 3.24. The number of ether oxygens (including phenoxy) is 1. The van der Waals surface area contributed by atoms with E-state index in [1.54, 1.807) is 18.8 Å². The number of rotatable bonds is 4. The number of nitrogens with zero attached hydrogens (tertiary/aromatic N) is 2. The zero-order valence-electron chi connectivity index (χ0n) is 16.7. The van der Waals surface area contributed by atoms with E-state index in [9.17, 15) is 4.79 Å². The van der Waals surface area contributed by atoms with Gasteiger partial charge in [-0.2, -0.15) is 0 Å².